The minimum Gasteiger partial charge on any atom is -0.481 e. The maximum atomic E-state index is 15.0. The third kappa shape index (κ3) is 7.46. The molecular formula is C30H36F3N5O5S. The normalized spacial score (nSPS) is 20.6. The van der Waals surface area contributed by atoms with E-state index in [0.717, 1.165) is 0 Å². The molecule has 2 N–H and O–H groups in total. The number of carboxylic acids is 1. The van der Waals surface area contributed by atoms with Gasteiger partial charge in [0.1, 0.15) is 11.9 Å². The summed E-state index contributed by atoms with van der Waals surface area (Å²) in [4.78, 5) is 49.5. The van der Waals surface area contributed by atoms with Gasteiger partial charge in [-0.3, -0.25) is 19.5 Å². The van der Waals surface area contributed by atoms with Crippen LogP contribution in [0.2, 0.25) is 0 Å². The fourth-order valence-corrected chi connectivity index (χ4v) is 6.12. The summed E-state index contributed by atoms with van der Waals surface area (Å²) >= 11 is 1.28. The minimum atomic E-state index is -3.10. The third-order valence-electron chi connectivity index (χ3n) is 7.87. The highest BCUT2D eigenvalue weighted by Crippen LogP contribution is 2.38. The summed E-state index contributed by atoms with van der Waals surface area (Å²) in [5.41, 5.74) is 0.974. The number of amides is 1. The number of alkyl halides is 2. The first-order valence-corrected chi connectivity index (χ1v) is 15.2. The van der Waals surface area contributed by atoms with Crippen LogP contribution in [0, 0.1) is 18.7 Å². The number of hydrogen-bond donors (Lipinski definition) is 2. The molecule has 0 saturated carbocycles. The first kappa shape index (κ1) is 33.1. The van der Waals surface area contributed by atoms with Crippen LogP contribution in [-0.2, 0) is 19.1 Å². The van der Waals surface area contributed by atoms with E-state index in [0.29, 0.717) is 10.6 Å². The van der Waals surface area contributed by atoms with Gasteiger partial charge in [0.2, 0.25) is 5.91 Å². The Labute approximate surface area is 257 Å². The zero-order valence-electron chi connectivity index (χ0n) is 25.0. The lowest BCUT2D eigenvalue weighted by Crippen LogP contribution is -2.47. The Morgan fingerprint density at radius 1 is 1.30 bits per heavy atom. The smallest absolute Gasteiger partial charge is 0.338 e. The first-order chi connectivity index (χ1) is 20.8. The van der Waals surface area contributed by atoms with Crippen molar-refractivity contribution < 1.29 is 37.4 Å². The molecule has 1 fully saturated rings. The highest BCUT2D eigenvalue weighted by molar-refractivity contribution is 7.11. The number of esters is 1. The van der Waals surface area contributed by atoms with Crippen LogP contribution in [0.5, 0.6) is 0 Å². The Hall–Kier alpha value is -3.78. The molecule has 1 saturated heterocycles. The molecule has 3 atom stereocenters. The number of carbonyl (C=O) groups excluding carboxylic acids is 2. The lowest BCUT2D eigenvalue weighted by atomic mass is 9.92. The number of nitrogens with zero attached hydrogens (tertiary/aromatic N) is 4. The van der Waals surface area contributed by atoms with Gasteiger partial charge in [-0.15, -0.1) is 11.3 Å². The van der Waals surface area contributed by atoms with Crippen LogP contribution in [-0.4, -0.2) is 88.3 Å². The molecule has 1 amide bonds. The third-order valence-corrected chi connectivity index (χ3v) is 8.65. The molecule has 44 heavy (non-hydrogen) atoms. The van der Waals surface area contributed by atoms with Gasteiger partial charge in [-0.25, -0.2) is 22.9 Å². The van der Waals surface area contributed by atoms with Crippen molar-refractivity contribution in [3.05, 3.63) is 63.0 Å². The number of halogens is 3. The number of ether oxygens (including phenoxy) is 1. The van der Waals surface area contributed by atoms with Gasteiger partial charge in [0.05, 0.1) is 24.6 Å². The van der Waals surface area contributed by atoms with Crippen LogP contribution in [0.25, 0.3) is 0 Å². The highest BCUT2D eigenvalue weighted by atomic mass is 32.1. The number of carbonyl (C=O) groups is 3. The summed E-state index contributed by atoms with van der Waals surface area (Å²) < 4.78 is 50.1. The first-order valence-electron chi connectivity index (χ1n) is 14.3. The Morgan fingerprint density at radius 2 is 2.05 bits per heavy atom. The van der Waals surface area contributed by atoms with Crippen molar-refractivity contribution >= 4 is 35.0 Å². The van der Waals surface area contributed by atoms with E-state index in [-0.39, 0.29) is 55.3 Å². The van der Waals surface area contributed by atoms with Gasteiger partial charge in [-0.05, 0) is 37.5 Å². The Kier molecular flexibility index (Phi) is 10.5. The number of amidine groups is 1. The van der Waals surface area contributed by atoms with E-state index in [4.69, 9.17) is 9.73 Å². The van der Waals surface area contributed by atoms with E-state index in [1.807, 2.05) is 0 Å². The van der Waals surface area contributed by atoms with E-state index < -0.39 is 60.6 Å². The summed E-state index contributed by atoms with van der Waals surface area (Å²) in [6.07, 6.45) is 1.27. The topological polar surface area (TPSA) is 124 Å². The predicted molar refractivity (Wildman–Crippen MR) is 158 cm³/mol. The average molecular weight is 636 g/mol. The van der Waals surface area contributed by atoms with Gasteiger partial charge in [0.15, 0.2) is 10.8 Å². The maximum Gasteiger partial charge on any atom is 0.338 e. The van der Waals surface area contributed by atoms with Gasteiger partial charge < -0.3 is 20.1 Å². The van der Waals surface area contributed by atoms with Gasteiger partial charge in [-0.2, -0.15) is 0 Å². The van der Waals surface area contributed by atoms with Gasteiger partial charge in [0.25, 0.3) is 5.92 Å². The molecule has 14 heteroatoms. The van der Waals surface area contributed by atoms with E-state index in [2.05, 4.69) is 10.3 Å². The molecule has 1 aromatic carbocycles. The van der Waals surface area contributed by atoms with Crippen molar-refractivity contribution in [2.24, 2.45) is 10.9 Å². The van der Waals surface area contributed by atoms with Gasteiger partial charge in [-0.1, -0.05) is 19.1 Å². The quantitative estimate of drug-likeness (QED) is 0.333. The molecule has 0 radical (unpaired) electrons. The number of likely N-dealkylation sites (tertiary alicyclic amines) is 1. The zero-order chi connectivity index (χ0) is 32.2. The number of nitrogens with one attached hydrogen (secondary N) is 1. The van der Waals surface area contributed by atoms with Crippen LogP contribution < -0.4 is 5.32 Å². The fraction of sp³-hybridized carbons (Fsp3) is 0.500. The second kappa shape index (κ2) is 13.9. The van der Waals surface area contributed by atoms with E-state index >= 15 is 0 Å². The molecule has 4 rings (SSSR count). The molecule has 3 heterocycles. The molecule has 2 aliphatic rings. The van der Waals surface area contributed by atoms with Crippen LogP contribution in [0.3, 0.4) is 0 Å². The van der Waals surface area contributed by atoms with Gasteiger partial charge in [0, 0.05) is 56.3 Å². The standard InChI is InChI=1S/C30H36F3N5O5S/c1-5-19(28(40)41)13-37(18(4)39)14-20-12-30(32,33)16-38(20)15-23-24(29(42)43-6-2)25(21-8-7-9-22(31)17(21)3)36-26(35-23)27-34-10-11-44-27/h7-11,19-20,25H,5-6,12-16H2,1-4H3,(H,35,36)(H,40,41)/t19-,20-,25+/m1/s1. The predicted octanol–water partition coefficient (Wildman–Crippen LogP) is 4.17. The van der Waals surface area contributed by atoms with Crippen LogP contribution >= 0.6 is 11.3 Å². The van der Waals surface area contributed by atoms with Gasteiger partial charge >= 0.3 is 11.9 Å². The molecule has 0 unspecified atom stereocenters. The monoisotopic (exact) mass is 635 g/mol. The highest BCUT2D eigenvalue weighted by Gasteiger charge is 2.47. The number of carboxylic acid groups (broad SMARTS) is 1. The van der Waals surface area contributed by atoms with Crippen molar-refractivity contribution in [3.8, 4) is 0 Å². The molecule has 2 aromatic rings. The number of thiazole rings is 1. The summed E-state index contributed by atoms with van der Waals surface area (Å²) in [6.45, 7) is 5.12. The van der Waals surface area contributed by atoms with Crippen LogP contribution in [0.4, 0.5) is 13.2 Å². The summed E-state index contributed by atoms with van der Waals surface area (Å²) in [5, 5.41) is 14.9. The number of aliphatic imine (C=N–C) groups is 1. The number of aliphatic carboxylic acids is 1. The lowest BCUT2D eigenvalue weighted by molar-refractivity contribution is -0.144. The summed E-state index contributed by atoms with van der Waals surface area (Å²) in [6, 6.07) is 2.59. The fourth-order valence-electron chi connectivity index (χ4n) is 5.53. The van der Waals surface area contributed by atoms with E-state index in [1.54, 1.807) is 38.4 Å². The zero-order valence-corrected chi connectivity index (χ0v) is 25.8. The Balaban J connectivity index is 1.77. The van der Waals surface area contributed by atoms with Crippen molar-refractivity contribution in [1.29, 1.82) is 0 Å². The second-order valence-electron chi connectivity index (χ2n) is 10.9. The molecule has 2 aliphatic heterocycles. The number of aromatic nitrogens is 1. The molecule has 238 valence electrons. The van der Waals surface area contributed by atoms with E-state index in [9.17, 15) is 32.7 Å². The van der Waals surface area contributed by atoms with Crippen LogP contribution in [0.1, 0.15) is 55.8 Å². The molecule has 10 nitrogen and oxygen atoms in total. The van der Waals surface area contributed by atoms with Crippen molar-refractivity contribution in [1.82, 2.24) is 20.1 Å². The second-order valence-corrected chi connectivity index (χ2v) is 11.8. The van der Waals surface area contributed by atoms with Crippen molar-refractivity contribution in [3.63, 3.8) is 0 Å². The molecule has 0 aliphatic carbocycles. The van der Waals surface area contributed by atoms with E-state index in [1.165, 1.54) is 40.2 Å². The molecule has 1 aromatic heterocycles. The summed E-state index contributed by atoms with van der Waals surface area (Å²) in [5.74, 6) is -6.39. The van der Waals surface area contributed by atoms with Crippen molar-refractivity contribution in [2.75, 3.05) is 32.8 Å². The Morgan fingerprint density at radius 3 is 2.66 bits per heavy atom. The van der Waals surface area contributed by atoms with Crippen LogP contribution in [0.15, 0.2) is 46.0 Å². The molecule has 0 bridgehead atoms. The Bertz CT molecular complexity index is 1450. The largest absolute Gasteiger partial charge is 0.481 e. The number of benzene rings is 1. The maximum absolute atomic E-state index is 15.0. The SMILES string of the molecule is CCOC(=O)C1=C(CN2CC(F)(F)C[C@@H]2CN(C[C@@H](CC)C(=O)O)C(C)=O)NC(c2nccs2)=N[C@H]1c1cccc(F)c1C. The summed E-state index contributed by atoms with van der Waals surface area (Å²) in [7, 11) is 0. The average Bonchev–Trinajstić information content (AvgIpc) is 3.59. The minimum absolute atomic E-state index is 0.0354. The van der Waals surface area contributed by atoms with Crippen molar-refractivity contribution in [2.45, 2.75) is 58.5 Å². The lowest BCUT2D eigenvalue weighted by Gasteiger charge is -2.34. The number of rotatable bonds is 12. The number of hydrogen-bond acceptors (Lipinski definition) is 9. The molecular weight excluding hydrogens is 599 g/mol. The molecule has 0 spiro atoms.